The lowest BCUT2D eigenvalue weighted by atomic mass is 9.85. The molecular formula is C10H18O5S. The van der Waals surface area contributed by atoms with Gasteiger partial charge in [-0.15, -0.1) is 0 Å². The number of aliphatic hydroxyl groups is 1. The maximum atomic E-state index is 11.3. The molecule has 0 aliphatic carbocycles. The topological polar surface area (TPSA) is 91.7 Å². The van der Waals surface area contributed by atoms with E-state index in [4.69, 9.17) is 10.2 Å². The van der Waals surface area contributed by atoms with Crippen molar-refractivity contribution in [3.63, 3.8) is 0 Å². The fraction of sp³-hybridized carbons (Fsp3) is 0.900. The Bertz CT molecular complexity index is 348. The van der Waals surface area contributed by atoms with E-state index in [-0.39, 0.29) is 29.9 Å². The van der Waals surface area contributed by atoms with E-state index in [2.05, 4.69) is 0 Å². The van der Waals surface area contributed by atoms with Crippen LogP contribution in [0.5, 0.6) is 0 Å². The molecule has 0 radical (unpaired) electrons. The Balaban J connectivity index is 2.68. The molecular weight excluding hydrogens is 232 g/mol. The van der Waals surface area contributed by atoms with E-state index >= 15 is 0 Å². The molecule has 2 N–H and O–H groups in total. The standard InChI is InChI=1S/C10H18O5S/c1-7(5-11)4-9(10(12)13)8-2-3-16(14,15)6-8/h7-9,11H,2-6H2,1H3,(H,12,13). The Morgan fingerprint density at radius 3 is 2.50 bits per heavy atom. The van der Waals surface area contributed by atoms with Crippen molar-refractivity contribution in [1.82, 2.24) is 0 Å². The molecule has 3 unspecified atom stereocenters. The van der Waals surface area contributed by atoms with Crippen LogP contribution in [0.15, 0.2) is 0 Å². The predicted octanol–water partition coefficient (Wildman–Crippen LogP) is 0.140. The van der Waals surface area contributed by atoms with Crippen molar-refractivity contribution in [3.8, 4) is 0 Å². The zero-order valence-corrected chi connectivity index (χ0v) is 10.1. The van der Waals surface area contributed by atoms with Crippen LogP contribution in [0.1, 0.15) is 19.8 Å². The van der Waals surface area contributed by atoms with Crippen molar-refractivity contribution in [2.45, 2.75) is 19.8 Å². The van der Waals surface area contributed by atoms with E-state index in [0.717, 1.165) is 0 Å². The van der Waals surface area contributed by atoms with Gasteiger partial charge in [0.05, 0.1) is 17.4 Å². The van der Waals surface area contributed by atoms with E-state index in [1.807, 2.05) is 0 Å². The number of hydrogen-bond acceptors (Lipinski definition) is 4. The number of rotatable bonds is 5. The van der Waals surface area contributed by atoms with Crippen molar-refractivity contribution < 1.29 is 23.4 Å². The second-order valence-electron chi connectivity index (χ2n) is 4.63. The van der Waals surface area contributed by atoms with Crippen LogP contribution in [-0.4, -0.2) is 42.7 Å². The van der Waals surface area contributed by atoms with Gasteiger partial charge in [0.25, 0.3) is 0 Å². The van der Waals surface area contributed by atoms with Crippen LogP contribution < -0.4 is 0 Å². The van der Waals surface area contributed by atoms with Crippen molar-refractivity contribution >= 4 is 15.8 Å². The largest absolute Gasteiger partial charge is 0.481 e. The molecule has 0 aromatic carbocycles. The molecule has 0 bridgehead atoms. The number of carboxylic acid groups (broad SMARTS) is 1. The molecule has 1 saturated heterocycles. The van der Waals surface area contributed by atoms with Crippen LogP contribution in [-0.2, 0) is 14.6 Å². The number of sulfone groups is 1. The molecule has 6 heteroatoms. The molecule has 3 atom stereocenters. The van der Waals surface area contributed by atoms with E-state index in [0.29, 0.717) is 12.8 Å². The molecule has 1 heterocycles. The molecule has 1 aliphatic heterocycles. The number of carbonyl (C=O) groups is 1. The highest BCUT2D eigenvalue weighted by Gasteiger charge is 2.37. The molecule has 1 rings (SSSR count). The first-order valence-corrected chi connectivity index (χ1v) is 7.22. The fourth-order valence-corrected chi connectivity index (χ4v) is 4.02. The normalized spacial score (nSPS) is 27.5. The van der Waals surface area contributed by atoms with Crippen molar-refractivity contribution in [3.05, 3.63) is 0 Å². The molecule has 0 spiro atoms. The summed E-state index contributed by atoms with van der Waals surface area (Å²) in [5.41, 5.74) is 0. The van der Waals surface area contributed by atoms with Gasteiger partial charge in [0.1, 0.15) is 0 Å². The summed E-state index contributed by atoms with van der Waals surface area (Å²) in [6.07, 6.45) is 0.767. The number of aliphatic hydroxyl groups excluding tert-OH is 1. The summed E-state index contributed by atoms with van der Waals surface area (Å²) in [7, 11) is -3.04. The lowest BCUT2D eigenvalue weighted by Gasteiger charge is -2.20. The third-order valence-electron chi connectivity index (χ3n) is 3.12. The minimum atomic E-state index is -3.04. The first kappa shape index (κ1) is 13.4. The van der Waals surface area contributed by atoms with Gasteiger partial charge in [-0.25, -0.2) is 8.42 Å². The molecule has 1 fully saturated rings. The Morgan fingerprint density at radius 1 is 1.50 bits per heavy atom. The molecule has 0 saturated carbocycles. The summed E-state index contributed by atoms with van der Waals surface area (Å²) in [5, 5.41) is 18.0. The zero-order chi connectivity index (χ0) is 12.3. The summed E-state index contributed by atoms with van der Waals surface area (Å²) in [4.78, 5) is 11.1. The van der Waals surface area contributed by atoms with E-state index in [1.165, 1.54) is 0 Å². The molecule has 5 nitrogen and oxygen atoms in total. The first-order valence-electron chi connectivity index (χ1n) is 5.40. The highest BCUT2D eigenvalue weighted by atomic mass is 32.2. The Hall–Kier alpha value is -0.620. The highest BCUT2D eigenvalue weighted by molar-refractivity contribution is 7.91. The lowest BCUT2D eigenvalue weighted by molar-refractivity contribution is -0.144. The van der Waals surface area contributed by atoms with Crippen molar-refractivity contribution in [2.75, 3.05) is 18.1 Å². The zero-order valence-electron chi connectivity index (χ0n) is 9.30. The van der Waals surface area contributed by atoms with Gasteiger partial charge in [-0.3, -0.25) is 4.79 Å². The Morgan fingerprint density at radius 2 is 2.12 bits per heavy atom. The van der Waals surface area contributed by atoms with Gasteiger partial charge in [-0.05, 0) is 24.7 Å². The van der Waals surface area contributed by atoms with Crippen LogP contribution in [0.4, 0.5) is 0 Å². The SMILES string of the molecule is CC(CO)CC(C(=O)O)C1CCS(=O)(=O)C1. The predicted molar refractivity (Wildman–Crippen MR) is 58.8 cm³/mol. The van der Waals surface area contributed by atoms with Gasteiger partial charge in [0.2, 0.25) is 0 Å². The van der Waals surface area contributed by atoms with Gasteiger partial charge < -0.3 is 10.2 Å². The Kier molecular flexibility index (Phi) is 4.32. The second kappa shape index (κ2) is 5.14. The molecule has 0 aromatic rings. The molecule has 94 valence electrons. The Labute approximate surface area is 95.4 Å². The summed E-state index contributed by atoms with van der Waals surface area (Å²) in [6, 6.07) is 0. The number of carboxylic acids is 1. The maximum Gasteiger partial charge on any atom is 0.306 e. The van der Waals surface area contributed by atoms with Gasteiger partial charge in [-0.2, -0.15) is 0 Å². The van der Waals surface area contributed by atoms with Crippen molar-refractivity contribution in [2.24, 2.45) is 17.8 Å². The molecule has 0 amide bonds. The molecule has 0 aromatic heterocycles. The van der Waals surface area contributed by atoms with E-state index < -0.39 is 21.7 Å². The van der Waals surface area contributed by atoms with Crippen LogP contribution in [0.2, 0.25) is 0 Å². The average Bonchev–Trinajstić information content (AvgIpc) is 2.54. The lowest BCUT2D eigenvalue weighted by Crippen LogP contribution is -2.27. The van der Waals surface area contributed by atoms with Gasteiger partial charge in [-0.1, -0.05) is 6.92 Å². The van der Waals surface area contributed by atoms with Gasteiger partial charge >= 0.3 is 5.97 Å². The third-order valence-corrected chi connectivity index (χ3v) is 4.92. The smallest absolute Gasteiger partial charge is 0.306 e. The monoisotopic (exact) mass is 250 g/mol. The minimum Gasteiger partial charge on any atom is -0.481 e. The minimum absolute atomic E-state index is 0.0257. The average molecular weight is 250 g/mol. The second-order valence-corrected chi connectivity index (χ2v) is 6.86. The summed E-state index contributed by atoms with van der Waals surface area (Å²) >= 11 is 0. The first-order chi connectivity index (χ1) is 7.35. The van der Waals surface area contributed by atoms with Crippen LogP contribution in [0.25, 0.3) is 0 Å². The number of hydrogen-bond donors (Lipinski definition) is 2. The van der Waals surface area contributed by atoms with E-state index in [9.17, 15) is 13.2 Å². The third kappa shape index (κ3) is 3.45. The quantitative estimate of drug-likeness (QED) is 0.724. The summed E-state index contributed by atoms with van der Waals surface area (Å²) in [6.45, 7) is 1.70. The summed E-state index contributed by atoms with van der Waals surface area (Å²) < 4.78 is 22.6. The van der Waals surface area contributed by atoms with Crippen LogP contribution in [0.3, 0.4) is 0 Å². The van der Waals surface area contributed by atoms with E-state index in [1.54, 1.807) is 6.92 Å². The van der Waals surface area contributed by atoms with Crippen LogP contribution >= 0.6 is 0 Å². The number of aliphatic carboxylic acids is 1. The fourth-order valence-electron chi connectivity index (χ4n) is 2.14. The molecule has 1 aliphatic rings. The van der Waals surface area contributed by atoms with Crippen LogP contribution in [0, 0.1) is 17.8 Å². The highest BCUT2D eigenvalue weighted by Crippen LogP contribution is 2.30. The maximum absolute atomic E-state index is 11.3. The van der Waals surface area contributed by atoms with Gasteiger partial charge in [0, 0.05) is 6.61 Å². The van der Waals surface area contributed by atoms with Crippen molar-refractivity contribution in [1.29, 1.82) is 0 Å². The van der Waals surface area contributed by atoms with Gasteiger partial charge in [0.15, 0.2) is 9.84 Å². The molecule has 16 heavy (non-hydrogen) atoms. The summed E-state index contributed by atoms with van der Waals surface area (Å²) in [5.74, 6) is -1.94.